The molecule has 0 spiro atoms. The molecule has 1 aliphatic rings. The lowest BCUT2D eigenvalue weighted by molar-refractivity contribution is 0.277. The van der Waals surface area contributed by atoms with Crippen molar-refractivity contribution in [3.05, 3.63) is 29.3 Å². The maximum atomic E-state index is 9.11. The number of aliphatic hydroxyl groups excluding tert-OH is 1. The number of fused-ring (bicyclic) bond motifs is 1. The van der Waals surface area contributed by atoms with Crippen LogP contribution in [0.15, 0.2) is 18.2 Å². The molecule has 0 unspecified atom stereocenters. The number of nitrogens with one attached hydrogen (secondary N) is 1. The molecule has 0 saturated heterocycles. The number of hydrogen-bond acceptors (Lipinski definition) is 2. The number of para-hydroxylation sites is 1. The topological polar surface area (TPSA) is 32.3 Å². The molecular weight excluding hydrogens is 174 g/mol. The molecule has 0 aromatic heterocycles. The number of anilines is 1. The molecule has 0 aliphatic carbocycles. The SMILES string of the molecule is CC(C)c1cccc2c1N[C@@H](CO)C2. The molecule has 2 heteroatoms. The van der Waals surface area contributed by atoms with Gasteiger partial charge in [0.1, 0.15) is 0 Å². The number of aliphatic hydroxyl groups is 1. The minimum Gasteiger partial charge on any atom is -0.394 e. The summed E-state index contributed by atoms with van der Waals surface area (Å²) in [5, 5.41) is 12.5. The van der Waals surface area contributed by atoms with E-state index in [9.17, 15) is 0 Å². The highest BCUT2D eigenvalue weighted by Gasteiger charge is 2.22. The summed E-state index contributed by atoms with van der Waals surface area (Å²) in [7, 11) is 0. The summed E-state index contributed by atoms with van der Waals surface area (Å²) in [6.07, 6.45) is 0.951. The maximum Gasteiger partial charge on any atom is 0.0636 e. The van der Waals surface area contributed by atoms with E-state index in [1.165, 1.54) is 16.8 Å². The van der Waals surface area contributed by atoms with E-state index in [4.69, 9.17) is 5.11 Å². The molecule has 1 aromatic rings. The first-order valence-corrected chi connectivity index (χ1v) is 5.21. The van der Waals surface area contributed by atoms with Gasteiger partial charge in [-0.15, -0.1) is 0 Å². The predicted molar refractivity (Wildman–Crippen MR) is 58.7 cm³/mol. The van der Waals surface area contributed by atoms with Crippen molar-refractivity contribution in [2.45, 2.75) is 32.2 Å². The second-order valence-corrected chi connectivity index (χ2v) is 4.26. The van der Waals surface area contributed by atoms with Crippen molar-refractivity contribution in [1.29, 1.82) is 0 Å². The van der Waals surface area contributed by atoms with Gasteiger partial charge >= 0.3 is 0 Å². The summed E-state index contributed by atoms with van der Waals surface area (Å²) >= 11 is 0. The molecule has 2 nitrogen and oxygen atoms in total. The molecule has 0 saturated carbocycles. The third kappa shape index (κ3) is 1.50. The van der Waals surface area contributed by atoms with Crippen LogP contribution < -0.4 is 5.32 Å². The van der Waals surface area contributed by atoms with Crippen molar-refractivity contribution >= 4 is 5.69 Å². The van der Waals surface area contributed by atoms with Crippen LogP contribution >= 0.6 is 0 Å². The summed E-state index contributed by atoms with van der Waals surface area (Å²) in [4.78, 5) is 0. The Morgan fingerprint density at radius 2 is 2.29 bits per heavy atom. The molecule has 0 bridgehead atoms. The average molecular weight is 191 g/mol. The van der Waals surface area contributed by atoms with Crippen LogP contribution in [-0.4, -0.2) is 17.8 Å². The van der Waals surface area contributed by atoms with Gasteiger partial charge in [0.25, 0.3) is 0 Å². The van der Waals surface area contributed by atoms with Crippen molar-refractivity contribution in [3.8, 4) is 0 Å². The lowest BCUT2D eigenvalue weighted by atomic mass is 9.98. The second-order valence-electron chi connectivity index (χ2n) is 4.26. The van der Waals surface area contributed by atoms with Gasteiger partial charge in [-0.25, -0.2) is 0 Å². The number of hydrogen-bond donors (Lipinski definition) is 2. The zero-order valence-corrected chi connectivity index (χ0v) is 8.75. The average Bonchev–Trinajstić information content (AvgIpc) is 2.59. The van der Waals surface area contributed by atoms with Gasteiger partial charge in [0.05, 0.1) is 12.6 Å². The molecule has 14 heavy (non-hydrogen) atoms. The highest BCUT2D eigenvalue weighted by atomic mass is 16.3. The maximum absolute atomic E-state index is 9.11. The fraction of sp³-hybridized carbons (Fsp3) is 0.500. The normalized spacial score (nSPS) is 19.6. The Bertz CT molecular complexity index is 333. The molecule has 1 heterocycles. The molecule has 2 N–H and O–H groups in total. The van der Waals surface area contributed by atoms with E-state index >= 15 is 0 Å². The fourth-order valence-electron chi connectivity index (χ4n) is 2.08. The van der Waals surface area contributed by atoms with Crippen LogP contribution in [0.4, 0.5) is 5.69 Å². The monoisotopic (exact) mass is 191 g/mol. The lowest BCUT2D eigenvalue weighted by Crippen LogP contribution is -2.20. The Kier molecular flexibility index (Phi) is 2.46. The first-order chi connectivity index (χ1) is 6.72. The van der Waals surface area contributed by atoms with Gasteiger partial charge in [-0.3, -0.25) is 0 Å². The third-order valence-electron chi connectivity index (χ3n) is 2.84. The van der Waals surface area contributed by atoms with Crippen LogP contribution in [0.1, 0.15) is 30.9 Å². The molecule has 1 aromatic carbocycles. The van der Waals surface area contributed by atoms with Crippen molar-refractivity contribution in [1.82, 2.24) is 0 Å². The molecular formula is C12H17NO. The molecule has 2 rings (SSSR count). The lowest BCUT2D eigenvalue weighted by Gasteiger charge is -2.13. The van der Waals surface area contributed by atoms with E-state index in [-0.39, 0.29) is 12.6 Å². The molecule has 1 aliphatic heterocycles. The van der Waals surface area contributed by atoms with Gasteiger partial charge in [-0.05, 0) is 23.5 Å². The molecule has 0 fully saturated rings. The van der Waals surface area contributed by atoms with Crippen molar-refractivity contribution in [3.63, 3.8) is 0 Å². The zero-order chi connectivity index (χ0) is 10.1. The summed E-state index contributed by atoms with van der Waals surface area (Å²) in [6, 6.07) is 6.63. The van der Waals surface area contributed by atoms with E-state index in [1.807, 2.05) is 0 Å². The highest BCUT2D eigenvalue weighted by molar-refractivity contribution is 5.63. The van der Waals surface area contributed by atoms with Crippen LogP contribution in [0.3, 0.4) is 0 Å². The van der Waals surface area contributed by atoms with E-state index < -0.39 is 0 Å². The highest BCUT2D eigenvalue weighted by Crippen LogP contribution is 2.33. The number of benzene rings is 1. The van der Waals surface area contributed by atoms with E-state index in [2.05, 4.69) is 37.4 Å². The molecule has 0 radical (unpaired) electrons. The summed E-state index contributed by atoms with van der Waals surface area (Å²) < 4.78 is 0. The fourth-order valence-corrected chi connectivity index (χ4v) is 2.08. The summed E-state index contributed by atoms with van der Waals surface area (Å²) in [5.74, 6) is 0.537. The quantitative estimate of drug-likeness (QED) is 0.750. The van der Waals surface area contributed by atoms with Gasteiger partial charge in [0, 0.05) is 5.69 Å². The van der Waals surface area contributed by atoms with Crippen LogP contribution in [0.2, 0.25) is 0 Å². The molecule has 0 amide bonds. The van der Waals surface area contributed by atoms with Gasteiger partial charge in [0.2, 0.25) is 0 Å². The Hall–Kier alpha value is -1.02. The Labute approximate surface area is 85.0 Å². The Morgan fingerprint density at radius 1 is 1.50 bits per heavy atom. The molecule has 1 atom stereocenters. The first kappa shape index (κ1) is 9.53. The van der Waals surface area contributed by atoms with Gasteiger partial charge < -0.3 is 10.4 Å². The largest absolute Gasteiger partial charge is 0.394 e. The van der Waals surface area contributed by atoms with Crippen LogP contribution in [0.5, 0.6) is 0 Å². The van der Waals surface area contributed by atoms with Gasteiger partial charge in [-0.2, -0.15) is 0 Å². The minimum atomic E-state index is 0.213. The van der Waals surface area contributed by atoms with E-state index in [0.29, 0.717) is 5.92 Å². The predicted octanol–water partition coefficient (Wildman–Crippen LogP) is 2.14. The summed E-state index contributed by atoms with van der Waals surface area (Å²) in [6.45, 7) is 4.61. The van der Waals surface area contributed by atoms with Crippen molar-refractivity contribution in [2.75, 3.05) is 11.9 Å². The van der Waals surface area contributed by atoms with Crippen LogP contribution in [-0.2, 0) is 6.42 Å². The van der Waals surface area contributed by atoms with E-state index in [0.717, 1.165) is 6.42 Å². The minimum absolute atomic E-state index is 0.213. The zero-order valence-electron chi connectivity index (χ0n) is 8.75. The van der Waals surface area contributed by atoms with E-state index in [1.54, 1.807) is 0 Å². The standard InChI is InChI=1S/C12H17NO/c1-8(2)11-5-3-4-9-6-10(7-14)13-12(9)11/h3-5,8,10,13-14H,6-7H2,1-2H3/t10-/m1/s1. The van der Waals surface area contributed by atoms with Gasteiger partial charge in [0.15, 0.2) is 0 Å². The second kappa shape index (κ2) is 3.62. The Morgan fingerprint density at radius 3 is 2.93 bits per heavy atom. The molecule has 76 valence electrons. The smallest absolute Gasteiger partial charge is 0.0636 e. The number of rotatable bonds is 2. The first-order valence-electron chi connectivity index (χ1n) is 5.21. The summed E-state index contributed by atoms with van der Waals surface area (Å²) in [5.41, 5.74) is 3.95. The van der Waals surface area contributed by atoms with Crippen molar-refractivity contribution < 1.29 is 5.11 Å². The Balaban J connectivity index is 2.36. The van der Waals surface area contributed by atoms with Gasteiger partial charge in [-0.1, -0.05) is 32.0 Å². The van der Waals surface area contributed by atoms with Crippen LogP contribution in [0.25, 0.3) is 0 Å². The van der Waals surface area contributed by atoms with Crippen LogP contribution in [0, 0.1) is 0 Å². The third-order valence-corrected chi connectivity index (χ3v) is 2.84. The van der Waals surface area contributed by atoms with Crippen molar-refractivity contribution in [2.24, 2.45) is 0 Å².